The van der Waals surface area contributed by atoms with E-state index in [1.54, 1.807) is 24.3 Å². The van der Waals surface area contributed by atoms with Gasteiger partial charge >= 0.3 is 5.97 Å². The minimum Gasteiger partial charge on any atom is -0.489 e. The van der Waals surface area contributed by atoms with Gasteiger partial charge in [0.05, 0.1) is 5.92 Å². The lowest BCUT2D eigenvalue weighted by molar-refractivity contribution is -0.149. The molecule has 0 saturated heterocycles. The first-order chi connectivity index (χ1) is 12.3. The van der Waals surface area contributed by atoms with Crippen LogP contribution < -0.4 is 10.5 Å². The Labute approximate surface area is 152 Å². The Morgan fingerprint density at radius 1 is 1.08 bits per heavy atom. The highest BCUT2D eigenvalue weighted by molar-refractivity contribution is 7.86. The van der Waals surface area contributed by atoms with E-state index in [-0.39, 0.29) is 6.61 Å². The Balaban J connectivity index is 1.91. The predicted octanol–water partition coefficient (Wildman–Crippen LogP) is 2.12. The van der Waals surface area contributed by atoms with Crippen molar-refractivity contribution in [1.82, 2.24) is 0 Å². The molecule has 0 aromatic heterocycles. The lowest BCUT2D eigenvalue weighted by atomic mass is 10.2. The molecule has 0 aliphatic rings. The molecule has 1 unspecified atom stereocenters. The Morgan fingerprint density at radius 2 is 1.73 bits per heavy atom. The molecule has 0 radical (unpaired) electrons. The van der Waals surface area contributed by atoms with Crippen LogP contribution in [0.25, 0.3) is 0 Å². The van der Waals surface area contributed by atoms with E-state index in [9.17, 15) is 13.2 Å². The van der Waals surface area contributed by atoms with Gasteiger partial charge in [-0.2, -0.15) is 8.42 Å². The number of benzene rings is 2. The van der Waals surface area contributed by atoms with Crippen molar-refractivity contribution in [3.05, 3.63) is 65.7 Å². The van der Waals surface area contributed by atoms with Crippen molar-refractivity contribution in [2.45, 2.75) is 25.5 Å². The maximum atomic E-state index is 11.9. The number of nitrogens with two attached hydrogens (primary N) is 1. The smallest absolute Gasteiger partial charge is 0.311 e. The quantitative estimate of drug-likeness (QED) is 0.533. The minimum absolute atomic E-state index is 0.0656. The van der Waals surface area contributed by atoms with Crippen LogP contribution in [0.3, 0.4) is 0 Å². The fraction of sp³-hybridized carbons (Fsp3) is 0.278. The third kappa shape index (κ3) is 5.83. The number of rotatable bonds is 8. The van der Waals surface area contributed by atoms with Gasteiger partial charge in [0.1, 0.15) is 24.3 Å². The topological polar surface area (TPSA) is 116 Å². The van der Waals surface area contributed by atoms with Crippen molar-refractivity contribution in [2.24, 2.45) is 11.7 Å². The zero-order valence-corrected chi connectivity index (χ0v) is 15.1. The molecule has 2 aromatic rings. The largest absolute Gasteiger partial charge is 0.489 e. The van der Waals surface area contributed by atoms with Gasteiger partial charge in [0.25, 0.3) is 10.1 Å². The summed E-state index contributed by atoms with van der Waals surface area (Å²) in [7, 11) is -4.51. The second kappa shape index (κ2) is 8.79. The van der Waals surface area contributed by atoms with Gasteiger partial charge in [-0.25, -0.2) is 0 Å². The van der Waals surface area contributed by atoms with Crippen molar-refractivity contribution in [3.63, 3.8) is 0 Å². The molecule has 3 N–H and O–H groups in total. The standard InChI is InChI=1S/C18H21NO6S/c1-13(17(19)26(21,22)23)18(20)25-12-15-8-5-9-16(10-15)24-11-14-6-3-2-4-7-14/h2-10,13,17H,11-12,19H2,1H3,(H,21,22,23)/t13?,17-/m0/s1. The van der Waals surface area contributed by atoms with Gasteiger partial charge in [-0.05, 0) is 30.2 Å². The molecule has 2 rings (SSSR count). The molecule has 0 fully saturated rings. The summed E-state index contributed by atoms with van der Waals surface area (Å²) in [6, 6.07) is 16.7. The monoisotopic (exact) mass is 379 g/mol. The third-order valence-corrected chi connectivity index (χ3v) is 4.83. The molecule has 2 aromatic carbocycles. The lowest BCUT2D eigenvalue weighted by Gasteiger charge is -2.16. The maximum Gasteiger partial charge on any atom is 0.311 e. The highest BCUT2D eigenvalue weighted by Crippen LogP contribution is 2.17. The first-order valence-electron chi connectivity index (χ1n) is 7.91. The van der Waals surface area contributed by atoms with E-state index in [2.05, 4.69) is 0 Å². The average molecular weight is 379 g/mol. The predicted molar refractivity (Wildman–Crippen MR) is 95.7 cm³/mol. The molecule has 0 aliphatic heterocycles. The number of esters is 1. The van der Waals surface area contributed by atoms with Gasteiger partial charge in [-0.15, -0.1) is 0 Å². The molecule has 7 nitrogen and oxygen atoms in total. The summed E-state index contributed by atoms with van der Waals surface area (Å²) in [6.45, 7) is 1.62. The Kier molecular flexibility index (Phi) is 6.73. The van der Waals surface area contributed by atoms with Crippen LogP contribution in [0.15, 0.2) is 54.6 Å². The first-order valence-corrected chi connectivity index (χ1v) is 9.42. The molecular weight excluding hydrogens is 358 g/mol. The van der Waals surface area contributed by atoms with Crippen LogP contribution in [0, 0.1) is 5.92 Å². The van der Waals surface area contributed by atoms with Gasteiger partial charge in [-0.3, -0.25) is 9.35 Å². The fourth-order valence-electron chi connectivity index (χ4n) is 2.14. The normalized spacial score (nSPS) is 13.7. The van der Waals surface area contributed by atoms with Crippen LogP contribution in [0.2, 0.25) is 0 Å². The zero-order chi connectivity index (χ0) is 19.2. The van der Waals surface area contributed by atoms with Crippen LogP contribution in [0.5, 0.6) is 5.75 Å². The summed E-state index contributed by atoms with van der Waals surface area (Å²) in [5.74, 6) is -1.39. The summed E-state index contributed by atoms with van der Waals surface area (Å²) in [4.78, 5) is 11.9. The number of ether oxygens (including phenoxy) is 2. The van der Waals surface area contributed by atoms with Crippen molar-refractivity contribution in [1.29, 1.82) is 0 Å². The van der Waals surface area contributed by atoms with Crippen LogP contribution in [-0.2, 0) is 32.9 Å². The van der Waals surface area contributed by atoms with Gasteiger partial charge in [0.15, 0.2) is 0 Å². The van der Waals surface area contributed by atoms with Crippen molar-refractivity contribution < 1.29 is 27.2 Å². The van der Waals surface area contributed by atoms with Crippen LogP contribution in [0.4, 0.5) is 0 Å². The number of carbonyl (C=O) groups excluding carboxylic acids is 1. The molecular formula is C18H21NO6S. The highest BCUT2D eigenvalue weighted by Gasteiger charge is 2.31. The van der Waals surface area contributed by atoms with E-state index in [1.165, 1.54) is 6.92 Å². The summed E-state index contributed by atoms with van der Waals surface area (Å²) in [6.07, 6.45) is 0. The zero-order valence-electron chi connectivity index (χ0n) is 14.2. The van der Waals surface area contributed by atoms with E-state index < -0.39 is 27.4 Å². The summed E-state index contributed by atoms with van der Waals surface area (Å²) >= 11 is 0. The molecule has 0 bridgehead atoms. The van der Waals surface area contributed by atoms with Crippen molar-refractivity contribution >= 4 is 16.1 Å². The Hall–Kier alpha value is -2.42. The second-order valence-electron chi connectivity index (χ2n) is 5.80. The Bertz CT molecular complexity index is 838. The number of hydrogen-bond acceptors (Lipinski definition) is 6. The fourth-order valence-corrected chi connectivity index (χ4v) is 2.77. The molecule has 8 heteroatoms. The Morgan fingerprint density at radius 3 is 2.38 bits per heavy atom. The van der Waals surface area contributed by atoms with Crippen molar-refractivity contribution in [3.8, 4) is 5.75 Å². The molecule has 0 heterocycles. The van der Waals surface area contributed by atoms with E-state index >= 15 is 0 Å². The van der Waals surface area contributed by atoms with E-state index in [1.807, 2.05) is 30.3 Å². The number of carbonyl (C=O) groups is 1. The molecule has 0 saturated carbocycles. The molecule has 0 aliphatic carbocycles. The van der Waals surface area contributed by atoms with Gasteiger partial charge < -0.3 is 15.2 Å². The summed E-state index contributed by atoms with van der Waals surface area (Å²) < 4.78 is 41.7. The van der Waals surface area contributed by atoms with Gasteiger partial charge in [-0.1, -0.05) is 42.5 Å². The van der Waals surface area contributed by atoms with E-state index in [4.69, 9.17) is 19.8 Å². The van der Waals surface area contributed by atoms with Crippen LogP contribution >= 0.6 is 0 Å². The van der Waals surface area contributed by atoms with E-state index in [0.29, 0.717) is 17.9 Å². The maximum absolute atomic E-state index is 11.9. The molecule has 140 valence electrons. The highest BCUT2D eigenvalue weighted by atomic mass is 32.2. The summed E-state index contributed by atoms with van der Waals surface area (Å²) in [5.41, 5.74) is 7.03. The SMILES string of the molecule is CC(C(=O)OCc1cccc(OCc2ccccc2)c1)[C@@H](N)S(=O)(=O)O. The molecule has 26 heavy (non-hydrogen) atoms. The van der Waals surface area contributed by atoms with Gasteiger partial charge in [0, 0.05) is 0 Å². The third-order valence-electron chi connectivity index (χ3n) is 3.74. The van der Waals surface area contributed by atoms with Crippen LogP contribution in [-0.4, -0.2) is 24.3 Å². The van der Waals surface area contributed by atoms with Gasteiger partial charge in [0.2, 0.25) is 0 Å². The molecule has 2 atom stereocenters. The lowest BCUT2D eigenvalue weighted by Crippen LogP contribution is -2.40. The minimum atomic E-state index is -4.51. The first kappa shape index (κ1) is 19.9. The average Bonchev–Trinajstić information content (AvgIpc) is 2.63. The summed E-state index contributed by atoms with van der Waals surface area (Å²) in [5, 5.41) is -1.73. The second-order valence-corrected chi connectivity index (χ2v) is 7.37. The van der Waals surface area contributed by atoms with E-state index in [0.717, 1.165) is 5.56 Å². The van der Waals surface area contributed by atoms with Crippen molar-refractivity contribution in [2.75, 3.05) is 0 Å². The van der Waals surface area contributed by atoms with Crippen LogP contribution in [0.1, 0.15) is 18.1 Å². The molecule has 0 spiro atoms. The molecule has 0 amide bonds. The number of hydrogen-bond donors (Lipinski definition) is 2.